The molecule has 0 bridgehead atoms. The fraction of sp³-hybridized carbons (Fsp3) is 0.533. The van der Waals surface area contributed by atoms with Gasteiger partial charge in [0.2, 0.25) is 0 Å². The van der Waals surface area contributed by atoms with Gasteiger partial charge in [-0.1, -0.05) is 19.9 Å². The lowest BCUT2D eigenvalue weighted by Crippen LogP contribution is -2.29. The summed E-state index contributed by atoms with van der Waals surface area (Å²) >= 11 is 0. The third-order valence-electron chi connectivity index (χ3n) is 3.50. The lowest BCUT2D eigenvalue weighted by molar-refractivity contribution is -0.385. The molecule has 0 atom stereocenters. The van der Waals surface area contributed by atoms with Crippen molar-refractivity contribution in [3.8, 4) is 0 Å². The molecule has 116 valence electrons. The monoisotopic (exact) mass is 293 g/mol. The van der Waals surface area contributed by atoms with Gasteiger partial charge in [0.1, 0.15) is 0 Å². The molecule has 0 saturated carbocycles. The van der Waals surface area contributed by atoms with Crippen molar-refractivity contribution >= 4 is 11.6 Å². The Balaban J connectivity index is 2.53. The Bertz CT molecular complexity index is 499. The Labute approximate surface area is 125 Å². The fourth-order valence-corrected chi connectivity index (χ4v) is 2.09. The summed E-state index contributed by atoms with van der Waals surface area (Å²) in [6, 6.07) is 4.54. The molecule has 6 nitrogen and oxygen atoms in total. The number of hydrogen-bond acceptors (Lipinski definition) is 4. The first-order chi connectivity index (χ1) is 9.99. The number of amides is 1. The molecule has 21 heavy (non-hydrogen) atoms. The highest BCUT2D eigenvalue weighted by Crippen LogP contribution is 2.19. The SMILES string of the molecule is CCN(CC)CCCNC(=O)c1ccc(C)c([N+](=O)[O-])c1. The summed E-state index contributed by atoms with van der Waals surface area (Å²) in [4.78, 5) is 24.6. The minimum atomic E-state index is -0.466. The summed E-state index contributed by atoms with van der Waals surface area (Å²) in [5.74, 6) is -0.266. The van der Waals surface area contributed by atoms with Gasteiger partial charge >= 0.3 is 0 Å². The van der Waals surface area contributed by atoms with E-state index >= 15 is 0 Å². The van der Waals surface area contributed by atoms with Crippen LogP contribution in [0.3, 0.4) is 0 Å². The Morgan fingerprint density at radius 2 is 2.00 bits per heavy atom. The van der Waals surface area contributed by atoms with Crippen molar-refractivity contribution in [2.45, 2.75) is 27.2 Å². The van der Waals surface area contributed by atoms with E-state index < -0.39 is 4.92 Å². The van der Waals surface area contributed by atoms with Crippen LogP contribution in [-0.4, -0.2) is 41.9 Å². The largest absolute Gasteiger partial charge is 0.352 e. The van der Waals surface area contributed by atoms with Crippen LogP contribution in [0.25, 0.3) is 0 Å². The molecule has 0 aliphatic carbocycles. The third-order valence-corrected chi connectivity index (χ3v) is 3.50. The number of carbonyl (C=O) groups is 1. The zero-order valence-corrected chi connectivity index (χ0v) is 12.9. The van der Waals surface area contributed by atoms with E-state index in [0.29, 0.717) is 17.7 Å². The van der Waals surface area contributed by atoms with Gasteiger partial charge in [-0.2, -0.15) is 0 Å². The summed E-state index contributed by atoms with van der Waals surface area (Å²) in [6.07, 6.45) is 0.862. The number of carbonyl (C=O) groups excluding carboxylic acids is 1. The number of nitro groups is 1. The zero-order chi connectivity index (χ0) is 15.8. The van der Waals surface area contributed by atoms with E-state index in [1.807, 2.05) is 0 Å². The second-order valence-electron chi connectivity index (χ2n) is 4.89. The molecule has 0 aromatic heterocycles. The first kappa shape index (κ1) is 17.1. The molecule has 6 heteroatoms. The van der Waals surface area contributed by atoms with Crippen LogP contribution in [0.2, 0.25) is 0 Å². The summed E-state index contributed by atoms with van der Waals surface area (Å²) in [5, 5.41) is 13.7. The van der Waals surface area contributed by atoms with E-state index in [1.54, 1.807) is 19.1 Å². The number of nitrogens with one attached hydrogen (secondary N) is 1. The van der Waals surface area contributed by atoms with E-state index in [2.05, 4.69) is 24.1 Å². The van der Waals surface area contributed by atoms with Gasteiger partial charge in [-0.3, -0.25) is 14.9 Å². The molecular formula is C15H23N3O3. The smallest absolute Gasteiger partial charge is 0.273 e. The van der Waals surface area contributed by atoms with Crippen LogP contribution in [0.4, 0.5) is 5.69 Å². The van der Waals surface area contributed by atoms with E-state index in [1.165, 1.54) is 6.07 Å². The van der Waals surface area contributed by atoms with Gasteiger partial charge in [-0.25, -0.2) is 0 Å². The summed E-state index contributed by atoms with van der Waals surface area (Å²) < 4.78 is 0. The minimum Gasteiger partial charge on any atom is -0.352 e. The molecule has 0 spiro atoms. The maximum absolute atomic E-state index is 12.0. The zero-order valence-electron chi connectivity index (χ0n) is 12.9. The van der Waals surface area contributed by atoms with E-state index in [9.17, 15) is 14.9 Å². The molecule has 0 fully saturated rings. The Hall–Kier alpha value is -1.95. The van der Waals surface area contributed by atoms with E-state index in [-0.39, 0.29) is 11.6 Å². The van der Waals surface area contributed by atoms with Crippen molar-refractivity contribution in [1.82, 2.24) is 10.2 Å². The summed E-state index contributed by atoms with van der Waals surface area (Å²) in [6.45, 7) is 9.35. The van der Waals surface area contributed by atoms with Gasteiger partial charge in [-0.05, 0) is 39.0 Å². The second-order valence-corrected chi connectivity index (χ2v) is 4.89. The number of aryl methyl sites for hydroxylation is 1. The molecule has 0 unspecified atom stereocenters. The van der Waals surface area contributed by atoms with Crippen molar-refractivity contribution in [3.05, 3.63) is 39.4 Å². The summed E-state index contributed by atoms with van der Waals surface area (Å²) in [5.41, 5.74) is 0.860. The predicted molar refractivity (Wildman–Crippen MR) is 82.6 cm³/mol. The predicted octanol–water partition coefficient (Wildman–Crippen LogP) is 2.36. The molecule has 1 rings (SSSR count). The maximum Gasteiger partial charge on any atom is 0.273 e. The van der Waals surface area contributed by atoms with Crippen molar-refractivity contribution in [3.63, 3.8) is 0 Å². The van der Waals surface area contributed by atoms with Crippen molar-refractivity contribution in [1.29, 1.82) is 0 Å². The number of nitro benzene ring substituents is 1. The van der Waals surface area contributed by atoms with E-state index in [4.69, 9.17) is 0 Å². The third kappa shape index (κ3) is 5.15. The maximum atomic E-state index is 12.0. The number of nitrogens with zero attached hydrogens (tertiary/aromatic N) is 2. The molecule has 0 aliphatic rings. The highest BCUT2D eigenvalue weighted by Gasteiger charge is 2.14. The standard InChI is InChI=1S/C15H23N3O3/c1-4-17(5-2)10-6-9-16-15(19)13-8-7-12(3)14(11-13)18(20)21/h7-8,11H,4-6,9-10H2,1-3H3,(H,16,19). The average Bonchev–Trinajstić information content (AvgIpc) is 2.47. The highest BCUT2D eigenvalue weighted by atomic mass is 16.6. The Morgan fingerprint density at radius 3 is 2.57 bits per heavy atom. The van der Waals surface area contributed by atoms with Crippen LogP contribution in [-0.2, 0) is 0 Å². The van der Waals surface area contributed by atoms with Gasteiger partial charge in [-0.15, -0.1) is 0 Å². The molecule has 0 radical (unpaired) electrons. The van der Waals surface area contributed by atoms with E-state index in [0.717, 1.165) is 26.1 Å². The van der Waals surface area contributed by atoms with Gasteiger partial charge in [0.05, 0.1) is 4.92 Å². The minimum absolute atomic E-state index is 0.0224. The van der Waals surface area contributed by atoms with Crippen LogP contribution in [0.15, 0.2) is 18.2 Å². The van der Waals surface area contributed by atoms with Crippen molar-refractivity contribution in [2.24, 2.45) is 0 Å². The molecule has 0 saturated heterocycles. The number of hydrogen-bond donors (Lipinski definition) is 1. The first-order valence-corrected chi connectivity index (χ1v) is 7.25. The Kier molecular flexibility index (Phi) is 6.81. The molecule has 1 amide bonds. The van der Waals surface area contributed by atoms with Crippen LogP contribution in [0, 0.1) is 17.0 Å². The molecule has 1 aromatic carbocycles. The Morgan fingerprint density at radius 1 is 1.33 bits per heavy atom. The van der Waals surface area contributed by atoms with Crippen LogP contribution >= 0.6 is 0 Å². The quantitative estimate of drug-likeness (QED) is 0.453. The van der Waals surface area contributed by atoms with Crippen molar-refractivity contribution < 1.29 is 9.72 Å². The lowest BCUT2D eigenvalue weighted by Gasteiger charge is -2.17. The molecule has 0 heterocycles. The second kappa shape index (κ2) is 8.36. The fourth-order valence-electron chi connectivity index (χ4n) is 2.09. The first-order valence-electron chi connectivity index (χ1n) is 7.25. The van der Waals surface area contributed by atoms with Gasteiger partial charge in [0.15, 0.2) is 0 Å². The van der Waals surface area contributed by atoms with Gasteiger partial charge in [0.25, 0.3) is 11.6 Å². The van der Waals surface area contributed by atoms with Gasteiger partial charge < -0.3 is 10.2 Å². The summed E-state index contributed by atoms with van der Waals surface area (Å²) in [7, 11) is 0. The number of benzene rings is 1. The highest BCUT2D eigenvalue weighted by molar-refractivity contribution is 5.94. The molecule has 1 N–H and O–H groups in total. The van der Waals surface area contributed by atoms with Crippen molar-refractivity contribution in [2.75, 3.05) is 26.2 Å². The van der Waals surface area contributed by atoms with Gasteiger partial charge in [0, 0.05) is 23.7 Å². The lowest BCUT2D eigenvalue weighted by atomic mass is 10.1. The normalized spacial score (nSPS) is 10.7. The van der Waals surface area contributed by atoms with Crippen LogP contribution in [0.5, 0.6) is 0 Å². The van der Waals surface area contributed by atoms with Crippen LogP contribution in [0.1, 0.15) is 36.2 Å². The molecular weight excluding hydrogens is 270 g/mol. The van der Waals surface area contributed by atoms with Crippen LogP contribution < -0.4 is 5.32 Å². The molecule has 0 aliphatic heterocycles. The molecule has 1 aromatic rings. The topological polar surface area (TPSA) is 75.5 Å². The number of rotatable bonds is 8. The average molecular weight is 293 g/mol.